The van der Waals surface area contributed by atoms with E-state index in [4.69, 9.17) is 13.6 Å². The van der Waals surface area contributed by atoms with Gasteiger partial charge in [-0.15, -0.1) is 0 Å². The molecule has 0 aromatic heterocycles. The first-order valence-corrected chi connectivity index (χ1v) is 39.1. The second-order valence-electron chi connectivity index (χ2n) is 27.6. The number of hydrogen-bond acceptors (Lipinski definition) is 4. The Kier molecular flexibility index (Phi) is 22.0. The van der Waals surface area contributed by atoms with E-state index in [1.54, 1.807) is 0 Å². The van der Waals surface area contributed by atoms with Crippen LogP contribution in [0.15, 0.2) is 400 Å². The minimum absolute atomic E-state index is 0.00506. The molecule has 0 heterocycles. The lowest BCUT2D eigenvalue weighted by molar-refractivity contribution is 0.298. The summed E-state index contributed by atoms with van der Waals surface area (Å²) in [5.74, 6) is 0.849. The SMILES string of the molecule is CCC(c1ccc(OP(=O)(Oc2ccc(C(CC)C(c3ccccc3-c3ccccc3)c3ccccc3-c3ccccc3)cc2)Oc2ccc(C(CC)C(c3ccccc3-c3ccccc3)c3ccccc3-c3ccccc3)cc2)cc1)C(c1ccccc1-c1ccccc1)c1ccccc1-c1ccccc1. The van der Waals surface area contributed by atoms with Crippen molar-refractivity contribution in [3.63, 3.8) is 0 Å². The molecule has 0 bridgehead atoms. The topological polar surface area (TPSA) is 44.8 Å². The van der Waals surface area contributed by atoms with E-state index < -0.39 is 7.82 Å². The number of rotatable bonds is 27. The summed E-state index contributed by atoms with van der Waals surface area (Å²) in [6.45, 7) is 6.82. The van der Waals surface area contributed by atoms with Crippen molar-refractivity contribution in [2.75, 3.05) is 0 Å². The summed E-state index contributed by atoms with van der Waals surface area (Å²) in [5.41, 5.74) is 24.9. The first kappa shape index (κ1) is 70.6. The third kappa shape index (κ3) is 15.7. The highest BCUT2D eigenvalue weighted by Crippen LogP contribution is 2.54. The van der Waals surface area contributed by atoms with E-state index in [0.29, 0.717) is 17.2 Å². The Hall–Kier alpha value is -12.1. The fraction of sp³-hybridized carbons (Fsp3) is 0.118. The molecule has 0 saturated heterocycles. The van der Waals surface area contributed by atoms with E-state index in [1.807, 2.05) is 36.4 Å². The predicted octanol–water partition coefficient (Wildman–Crippen LogP) is 28.3. The standard InChI is InChI=1S/C102H87O4P/c1-4-85(100(94-55-31-25-49-88(94)73-37-13-7-14-38-73)95-56-32-26-50-89(95)74-39-15-8-16-40-74)79-61-67-82(68-62-79)104-107(103,105-83-69-63-80(64-70-83)86(5-2)101(96-57-33-27-51-90(96)75-41-17-9-18-42-75)97-58-34-28-52-91(97)76-43-19-10-20-44-76)106-84-71-65-81(66-72-84)87(6-3)102(98-59-35-29-53-92(98)77-45-21-11-22-46-77)99-60-36-30-54-93(99)78-47-23-12-24-48-78/h7-72,85-87,100-102H,4-6H2,1-3H3. The number of hydrogen-bond donors (Lipinski definition) is 0. The normalized spacial score (nSPS) is 12.8. The number of phosphoric acid groups is 1. The number of phosphoric ester groups is 1. The predicted molar refractivity (Wildman–Crippen MR) is 445 cm³/mol. The molecule has 3 unspecified atom stereocenters. The van der Waals surface area contributed by atoms with E-state index in [-0.39, 0.29) is 35.5 Å². The Morgan fingerprint density at radius 2 is 0.364 bits per heavy atom. The van der Waals surface area contributed by atoms with Gasteiger partial charge in [0.15, 0.2) is 0 Å². The smallest absolute Gasteiger partial charge is 0.386 e. The van der Waals surface area contributed by atoms with E-state index in [1.165, 1.54) is 66.8 Å². The average molecular weight is 1410 g/mol. The van der Waals surface area contributed by atoms with Crippen LogP contribution in [0, 0.1) is 0 Å². The summed E-state index contributed by atoms with van der Waals surface area (Å²) < 4.78 is 36.7. The molecule has 0 fully saturated rings. The lowest BCUT2D eigenvalue weighted by Crippen LogP contribution is -2.15. The maximum Gasteiger partial charge on any atom is 0.647 e. The van der Waals surface area contributed by atoms with Gasteiger partial charge < -0.3 is 13.6 Å². The van der Waals surface area contributed by atoms with E-state index in [0.717, 1.165) is 69.3 Å². The molecule has 15 rings (SSSR count). The Morgan fingerprint density at radius 1 is 0.206 bits per heavy atom. The van der Waals surface area contributed by atoms with Gasteiger partial charge in [-0.1, -0.05) is 385 Å². The van der Waals surface area contributed by atoms with Crippen molar-refractivity contribution in [2.45, 2.75) is 75.5 Å². The summed E-state index contributed by atoms with van der Waals surface area (Å²) in [4.78, 5) is 0. The van der Waals surface area contributed by atoms with E-state index >= 15 is 4.57 Å². The molecule has 3 atom stereocenters. The molecule has 0 aliphatic carbocycles. The van der Waals surface area contributed by atoms with Gasteiger partial charge in [-0.05, 0) is 190 Å². The van der Waals surface area contributed by atoms with Crippen LogP contribution >= 0.6 is 7.82 Å². The quantitative estimate of drug-likeness (QED) is 0.0481. The van der Waals surface area contributed by atoms with Crippen molar-refractivity contribution < 1.29 is 18.1 Å². The summed E-state index contributed by atoms with van der Waals surface area (Å²) in [6, 6.07) is 142. The molecule has 0 N–H and O–H groups in total. The highest BCUT2D eigenvalue weighted by molar-refractivity contribution is 7.49. The molecule has 107 heavy (non-hydrogen) atoms. The van der Waals surface area contributed by atoms with E-state index in [2.05, 4.69) is 385 Å². The maximum absolute atomic E-state index is 16.3. The fourth-order valence-corrected chi connectivity index (χ4v) is 17.7. The van der Waals surface area contributed by atoms with Gasteiger partial charge in [-0.25, -0.2) is 0 Å². The lowest BCUT2D eigenvalue weighted by atomic mass is 9.72. The van der Waals surface area contributed by atoms with Crippen molar-refractivity contribution in [2.24, 2.45) is 0 Å². The first-order chi connectivity index (χ1) is 52.8. The average Bonchev–Trinajstić information content (AvgIpc) is 0.777. The van der Waals surface area contributed by atoms with Gasteiger partial charge in [0, 0.05) is 17.8 Å². The molecule has 0 spiro atoms. The molecule has 0 aliphatic rings. The third-order valence-corrected chi connectivity index (χ3v) is 22.7. The lowest BCUT2D eigenvalue weighted by Gasteiger charge is -2.32. The monoisotopic (exact) mass is 1410 g/mol. The zero-order valence-electron chi connectivity index (χ0n) is 60.8. The minimum Gasteiger partial charge on any atom is -0.386 e. The van der Waals surface area contributed by atoms with Crippen molar-refractivity contribution >= 4 is 7.82 Å². The van der Waals surface area contributed by atoms with Gasteiger partial charge in [0.2, 0.25) is 0 Å². The van der Waals surface area contributed by atoms with Crippen LogP contribution in [0.5, 0.6) is 17.2 Å². The minimum atomic E-state index is -4.61. The Balaban J connectivity index is 0.809. The van der Waals surface area contributed by atoms with Gasteiger partial charge in [0.05, 0.1) is 0 Å². The molecular formula is C102H87O4P. The largest absolute Gasteiger partial charge is 0.647 e. The van der Waals surface area contributed by atoms with Crippen molar-refractivity contribution in [1.82, 2.24) is 0 Å². The van der Waals surface area contributed by atoms with Crippen molar-refractivity contribution in [3.05, 3.63) is 450 Å². The molecular weight excluding hydrogens is 1320 g/mol. The van der Waals surface area contributed by atoms with Crippen LogP contribution < -0.4 is 13.6 Å². The summed E-state index contributed by atoms with van der Waals surface area (Å²) in [7, 11) is -4.61. The highest BCUT2D eigenvalue weighted by Gasteiger charge is 2.37. The van der Waals surface area contributed by atoms with Crippen molar-refractivity contribution in [1.29, 1.82) is 0 Å². The fourth-order valence-electron chi connectivity index (χ4n) is 16.5. The van der Waals surface area contributed by atoms with Gasteiger partial charge in [-0.2, -0.15) is 4.57 Å². The van der Waals surface area contributed by atoms with Crippen LogP contribution in [0.25, 0.3) is 66.8 Å². The molecule has 0 amide bonds. The Morgan fingerprint density at radius 3 is 0.533 bits per heavy atom. The van der Waals surface area contributed by atoms with Gasteiger partial charge in [-0.3, -0.25) is 0 Å². The van der Waals surface area contributed by atoms with Gasteiger partial charge in [0.1, 0.15) is 17.2 Å². The van der Waals surface area contributed by atoms with Crippen LogP contribution in [0.2, 0.25) is 0 Å². The Bertz CT molecular complexity index is 4630. The van der Waals surface area contributed by atoms with E-state index in [9.17, 15) is 0 Å². The third-order valence-electron chi connectivity index (χ3n) is 21.4. The molecule has 0 saturated carbocycles. The summed E-state index contributed by atoms with van der Waals surface area (Å²) in [5, 5.41) is 0. The van der Waals surface area contributed by atoms with Gasteiger partial charge in [0.25, 0.3) is 0 Å². The van der Waals surface area contributed by atoms with Crippen LogP contribution in [-0.2, 0) is 4.57 Å². The highest BCUT2D eigenvalue weighted by atomic mass is 31.2. The second-order valence-corrected chi connectivity index (χ2v) is 29.1. The zero-order chi connectivity index (χ0) is 72.7. The molecule has 5 heteroatoms. The molecule has 15 aromatic carbocycles. The maximum atomic E-state index is 16.3. The Labute approximate surface area is 632 Å². The number of benzene rings is 15. The van der Waals surface area contributed by atoms with Crippen LogP contribution in [0.4, 0.5) is 0 Å². The molecule has 0 radical (unpaired) electrons. The summed E-state index contributed by atoms with van der Waals surface area (Å²) in [6.07, 6.45) is 2.47. The van der Waals surface area contributed by atoms with Crippen LogP contribution in [0.3, 0.4) is 0 Å². The van der Waals surface area contributed by atoms with Crippen LogP contribution in [0.1, 0.15) is 126 Å². The van der Waals surface area contributed by atoms with Gasteiger partial charge >= 0.3 is 7.82 Å². The molecule has 15 aromatic rings. The molecule has 4 nitrogen and oxygen atoms in total. The molecule has 0 aliphatic heterocycles. The molecule has 524 valence electrons. The zero-order valence-corrected chi connectivity index (χ0v) is 61.7. The van der Waals surface area contributed by atoms with Crippen molar-refractivity contribution in [3.8, 4) is 84.0 Å². The second kappa shape index (κ2) is 33.4. The summed E-state index contributed by atoms with van der Waals surface area (Å²) >= 11 is 0. The van der Waals surface area contributed by atoms with Crippen LogP contribution in [-0.4, -0.2) is 0 Å². The first-order valence-electron chi connectivity index (χ1n) is 37.7.